The van der Waals surface area contributed by atoms with Gasteiger partial charge in [0.1, 0.15) is 5.02 Å². The Morgan fingerprint density at radius 1 is 0.966 bits per heavy atom. The van der Waals surface area contributed by atoms with Gasteiger partial charge in [-0.1, -0.05) is 60.2 Å². The summed E-state index contributed by atoms with van der Waals surface area (Å²) in [6.45, 7) is 0. The van der Waals surface area contributed by atoms with Gasteiger partial charge in [-0.25, -0.2) is 4.79 Å². The number of nitro groups is 1. The summed E-state index contributed by atoms with van der Waals surface area (Å²) >= 11 is 5.77. The van der Waals surface area contributed by atoms with E-state index in [0.29, 0.717) is 5.75 Å². The fourth-order valence-electron chi connectivity index (χ4n) is 2.57. The Bertz CT molecular complexity index is 1080. The summed E-state index contributed by atoms with van der Waals surface area (Å²) in [6.07, 6.45) is 3.86. The average Bonchev–Trinajstić information content (AvgIpc) is 2.73. The van der Waals surface area contributed by atoms with Crippen LogP contribution in [0.4, 0.5) is 5.69 Å². The van der Waals surface area contributed by atoms with Crippen LogP contribution in [0.3, 0.4) is 0 Å². The van der Waals surface area contributed by atoms with Gasteiger partial charge in [0, 0.05) is 6.07 Å². The maximum absolute atomic E-state index is 12.4. The first-order valence-electron chi connectivity index (χ1n) is 8.55. The lowest BCUT2D eigenvalue weighted by Crippen LogP contribution is -2.09. The summed E-state index contributed by atoms with van der Waals surface area (Å²) in [6, 6.07) is 18.6. The minimum Gasteiger partial charge on any atom is -0.493 e. The standard InChI is InChI=1S/C22H16ClNO5/c1-28-21-13-16(8-7-15-5-3-2-4-6-15)9-12-20(21)29-22(25)17-10-11-18(23)19(14-17)24(26)27/h2-14H,1H3. The van der Waals surface area contributed by atoms with Crippen LogP contribution < -0.4 is 9.47 Å². The van der Waals surface area contributed by atoms with E-state index in [0.717, 1.165) is 17.2 Å². The van der Waals surface area contributed by atoms with Gasteiger partial charge in [-0.3, -0.25) is 10.1 Å². The van der Waals surface area contributed by atoms with Crippen LogP contribution in [0.25, 0.3) is 12.2 Å². The summed E-state index contributed by atoms with van der Waals surface area (Å²) in [5, 5.41) is 10.9. The number of nitrogens with zero attached hydrogens (tertiary/aromatic N) is 1. The van der Waals surface area contributed by atoms with Gasteiger partial charge in [-0.15, -0.1) is 0 Å². The van der Waals surface area contributed by atoms with E-state index in [1.54, 1.807) is 18.2 Å². The van der Waals surface area contributed by atoms with Gasteiger partial charge in [-0.2, -0.15) is 0 Å². The second kappa shape index (κ2) is 9.03. The Balaban J connectivity index is 1.80. The largest absolute Gasteiger partial charge is 0.493 e. The summed E-state index contributed by atoms with van der Waals surface area (Å²) in [4.78, 5) is 22.7. The molecular formula is C22H16ClNO5. The molecule has 0 fully saturated rings. The van der Waals surface area contributed by atoms with E-state index in [4.69, 9.17) is 21.1 Å². The van der Waals surface area contributed by atoms with Crippen LogP contribution in [0.1, 0.15) is 21.5 Å². The van der Waals surface area contributed by atoms with E-state index in [2.05, 4.69) is 0 Å². The molecule has 146 valence electrons. The molecule has 0 radical (unpaired) electrons. The number of ether oxygens (including phenoxy) is 2. The first kappa shape index (κ1) is 20.1. The number of halogens is 1. The molecule has 6 nitrogen and oxygen atoms in total. The van der Waals surface area contributed by atoms with Gasteiger partial charge in [0.25, 0.3) is 5.69 Å². The van der Waals surface area contributed by atoms with Gasteiger partial charge in [0.05, 0.1) is 17.6 Å². The predicted molar refractivity (Wildman–Crippen MR) is 111 cm³/mol. The Morgan fingerprint density at radius 2 is 1.69 bits per heavy atom. The zero-order valence-electron chi connectivity index (χ0n) is 15.4. The molecule has 3 aromatic carbocycles. The van der Waals surface area contributed by atoms with E-state index >= 15 is 0 Å². The Morgan fingerprint density at radius 3 is 2.38 bits per heavy atom. The van der Waals surface area contributed by atoms with Crippen molar-refractivity contribution in [1.29, 1.82) is 0 Å². The number of hydrogen-bond donors (Lipinski definition) is 0. The molecule has 0 N–H and O–H groups in total. The maximum Gasteiger partial charge on any atom is 0.343 e. The SMILES string of the molecule is COc1cc(C=Cc2ccccc2)ccc1OC(=O)c1ccc(Cl)c([N+](=O)[O-])c1. The van der Waals surface area contributed by atoms with Crippen LogP contribution in [0, 0.1) is 10.1 Å². The lowest BCUT2D eigenvalue weighted by molar-refractivity contribution is -0.384. The molecule has 29 heavy (non-hydrogen) atoms. The molecule has 0 amide bonds. The number of nitro benzene ring substituents is 1. The molecule has 7 heteroatoms. The van der Waals surface area contributed by atoms with Crippen molar-refractivity contribution in [2.45, 2.75) is 0 Å². The Labute approximate surface area is 172 Å². The van der Waals surface area contributed by atoms with Crippen molar-refractivity contribution in [1.82, 2.24) is 0 Å². The Kier molecular flexibility index (Phi) is 6.26. The van der Waals surface area contributed by atoms with Gasteiger partial charge in [-0.05, 0) is 35.4 Å². The third-order valence-electron chi connectivity index (χ3n) is 4.04. The molecule has 0 unspecified atom stereocenters. The lowest BCUT2D eigenvalue weighted by atomic mass is 10.1. The molecule has 0 aliphatic rings. The van der Waals surface area contributed by atoms with Crippen LogP contribution in [0.2, 0.25) is 5.02 Å². The lowest BCUT2D eigenvalue weighted by Gasteiger charge is -2.10. The van der Waals surface area contributed by atoms with Gasteiger partial charge in [0.2, 0.25) is 0 Å². The third kappa shape index (κ3) is 5.00. The van der Waals surface area contributed by atoms with Crippen molar-refractivity contribution in [2.24, 2.45) is 0 Å². The molecule has 0 heterocycles. The second-order valence-corrected chi connectivity index (χ2v) is 6.37. The van der Waals surface area contributed by atoms with Crippen LogP contribution >= 0.6 is 11.6 Å². The van der Waals surface area contributed by atoms with Crippen molar-refractivity contribution in [2.75, 3.05) is 7.11 Å². The highest BCUT2D eigenvalue weighted by Crippen LogP contribution is 2.31. The quantitative estimate of drug-likeness (QED) is 0.173. The number of carbonyl (C=O) groups excluding carboxylic acids is 1. The highest BCUT2D eigenvalue weighted by molar-refractivity contribution is 6.32. The highest BCUT2D eigenvalue weighted by Gasteiger charge is 2.19. The molecule has 0 spiro atoms. The molecule has 0 atom stereocenters. The number of rotatable bonds is 6. The van der Waals surface area contributed by atoms with E-state index < -0.39 is 10.9 Å². The number of methoxy groups -OCH3 is 1. The summed E-state index contributed by atoms with van der Waals surface area (Å²) in [7, 11) is 1.46. The van der Waals surface area contributed by atoms with E-state index in [9.17, 15) is 14.9 Å². The number of esters is 1. The zero-order valence-corrected chi connectivity index (χ0v) is 16.1. The van der Waals surface area contributed by atoms with Crippen molar-refractivity contribution in [3.8, 4) is 11.5 Å². The summed E-state index contributed by atoms with van der Waals surface area (Å²) in [5.74, 6) is -0.195. The first-order valence-corrected chi connectivity index (χ1v) is 8.93. The van der Waals surface area contributed by atoms with Crippen molar-refractivity contribution < 1.29 is 19.2 Å². The van der Waals surface area contributed by atoms with Crippen LogP contribution in [-0.2, 0) is 0 Å². The van der Waals surface area contributed by atoms with Crippen LogP contribution in [0.15, 0.2) is 66.7 Å². The number of hydrogen-bond acceptors (Lipinski definition) is 5. The molecule has 0 aliphatic carbocycles. The smallest absolute Gasteiger partial charge is 0.343 e. The fraction of sp³-hybridized carbons (Fsp3) is 0.0455. The minimum atomic E-state index is -0.754. The summed E-state index contributed by atoms with van der Waals surface area (Å²) in [5.41, 5.74) is 1.55. The number of carbonyl (C=O) groups is 1. The van der Waals surface area contributed by atoms with Crippen LogP contribution in [-0.4, -0.2) is 18.0 Å². The van der Waals surface area contributed by atoms with Crippen molar-refractivity contribution in [3.05, 3.63) is 98.6 Å². The van der Waals surface area contributed by atoms with Crippen molar-refractivity contribution >= 4 is 35.4 Å². The molecule has 3 aromatic rings. The maximum atomic E-state index is 12.4. The molecule has 3 rings (SSSR count). The zero-order chi connectivity index (χ0) is 20.8. The van der Waals surface area contributed by atoms with E-state index in [1.807, 2.05) is 42.5 Å². The molecule has 0 aliphatic heterocycles. The monoisotopic (exact) mass is 409 g/mol. The van der Waals surface area contributed by atoms with Gasteiger partial charge >= 0.3 is 5.97 Å². The molecular weight excluding hydrogens is 394 g/mol. The van der Waals surface area contributed by atoms with Crippen LogP contribution in [0.5, 0.6) is 11.5 Å². The topological polar surface area (TPSA) is 78.7 Å². The molecule has 0 saturated carbocycles. The Hall–Kier alpha value is -3.64. The van der Waals surface area contributed by atoms with Gasteiger partial charge < -0.3 is 9.47 Å². The average molecular weight is 410 g/mol. The predicted octanol–water partition coefficient (Wildman–Crippen LogP) is 5.65. The third-order valence-corrected chi connectivity index (χ3v) is 4.36. The van der Waals surface area contributed by atoms with E-state index in [1.165, 1.54) is 19.2 Å². The minimum absolute atomic E-state index is 0.0104. The normalized spacial score (nSPS) is 10.7. The first-order chi connectivity index (χ1) is 14.0. The molecule has 0 saturated heterocycles. The molecule has 0 bridgehead atoms. The number of benzene rings is 3. The summed E-state index contributed by atoms with van der Waals surface area (Å²) < 4.78 is 10.7. The fourth-order valence-corrected chi connectivity index (χ4v) is 2.75. The molecule has 0 aromatic heterocycles. The second-order valence-electron chi connectivity index (χ2n) is 5.97. The van der Waals surface area contributed by atoms with Gasteiger partial charge in [0.15, 0.2) is 11.5 Å². The highest BCUT2D eigenvalue weighted by atomic mass is 35.5. The van der Waals surface area contributed by atoms with Crippen molar-refractivity contribution in [3.63, 3.8) is 0 Å². The van der Waals surface area contributed by atoms with E-state index in [-0.39, 0.29) is 22.0 Å².